The molecule has 3 rings (SSSR count). The van der Waals surface area contributed by atoms with Gasteiger partial charge in [-0.2, -0.15) is 0 Å². The quantitative estimate of drug-likeness (QED) is 0.727. The normalized spacial score (nSPS) is 14.8. The first-order valence-electron chi connectivity index (χ1n) is 9.19. The zero-order chi connectivity index (χ0) is 19.1. The molecule has 27 heavy (non-hydrogen) atoms. The number of likely N-dealkylation sites (N-methyl/N-ethyl adjacent to an activating group) is 1. The largest absolute Gasteiger partial charge is 0.383 e. The van der Waals surface area contributed by atoms with Gasteiger partial charge >= 0.3 is 0 Å². The van der Waals surface area contributed by atoms with E-state index in [1.54, 1.807) is 19.4 Å². The number of benzene rings is 1. The number of hydrogen-bond donors (Lipinski definition) is 2. The Morgan fingerprint density at radius 1 is 1.11 bits per heavy atom. The van der Waals surface area contributed by atoms with Crippen LogP contribution in [0, 0.1) is 0 Å². The maximum absolute atomic E-state index is 12.1. The van der Waals surface area contributed by atoms with E-state index >= 15 is 0 Å². The number of aromatic nitrogens is 1. The van der Waals surface area contributed by atoms with Crippen LogP contribution < -0.4 is 15.5 Å². The predicted octanol–water partition coefficient (Wildman–Crippen LogP) is 1.95. The van der Waals surface area contributed by atoms with Gasteiger partial charge in [-0.3, -0.25) is 9.78 Å². The van der Waals surface area contributed by atoms with Crippen LogP contribution in [-0.4, -0.2) is 69.3 Å². The van der Waals surface area contributed by atoms with E-state index in [1.807, 2.05) is 6.07 Å². The fourth-order valence-corrected chi connectivity index (χ4v) is 2.98. The van der Waals surface area contributed by atoms with Crippen LogP contribution in [0.5, 0.6) is 0 Å². The third kappa shape index (κ3) is 5.42. The molecule has 1 aromatic heterocycles. The number of pyridine rings is 1. The molecule has 7 heteroatoms. The Bertz CT molecular complexity index is 742. The molecule has 0 atom stereocenters. The van der Waals surface area contributed by atoms with Crippen LogP contribution in [-0.2, 0) is 4.74 Å². The molecule has 2 N–H and O–H groups in total. The number of ether oxygens (including phenoxy) is 1. The van der Waals surface area contributed by atoms with E-state index < -0.39 is 0 Å². The van der Waals surface area contributed by atoms with Gasteiger partial charge in [0, 0.05) is 63.1 Å². The highest BCUT2D eigenvalue weighted by Crippen LogP contribution is 2.22. The van der Waals surface area contributed by atoms with E-state index in [2.05, 4.69) is 56.7 Å². The second kappa shape index (κ2) is 9.34. The summed E-state index contributed by atoms with van der Waals surface area (Å²) in [5.41, 5.74) is 3.42. The molecule has 0 bridgehead atoms. The molecule has 2 aromatic rings. The molecule has 0 spiro atoms. The number of rotatable bonds is 7. The minimum absolute atomic E-state index is 0.207. The fourth-order valence-electron chi connectivity index (χ4n) is 2.98. The second-order valence-electron chi connectivity index (χ2n) is 6.64. The topological polar surface area (TPSA) is 69.7 Å². The Balaban J connectivity index is 1.60. The fraction of sp³-hybridized carbons (Fsp3) is 0.400. The minimum Gasteiger partial charge on any atom is -0.383 e. The van der Waals surface area contributed by atoms with Crippen molar-refractivity contribution < 1.29 is 9.53 Å². The lowest BCUT2D eigenvalue weighted by atomic mass is 10.2. The van der Waals surface area contributed by atoms with Crippen molar-refractivity contribution in [1.82, 2.24) is 15.2 Å². The number of amides is 1. The average molecular weight is 369 g/mol. The summed E-state index contributed by atoms with van der Waals surface area (Å²) in [5, 5.41) is 6.11. The van der Waals surface area contributed by atoms with E-state index in [1.165, 1.54) is 5.69 Å². The van der Waals surface area contributed by atoms with Crippen LogP contribution in [0.25, 0.3) is 0 Å². The summed E-state index contributed by atoms with van der Waals surface area (Å²) in [6.07, 6.45) is 1.63. The third-order valence-corrected chi connectivity index (χ3v) is 4.61. The molecular formula is C20H27N5O2. The van der Waals surface area contributed by atoms with Crippen molar-refractivity contribution in [3.05, 3.63) is 48.3 Å². The first-order valence-corrected chi connectivity index (χ1v) is 9.19. The molecule has 0 radical (unpaired) electrons. The van der Waals surface area contributed by atoms with Crippen molar-refractivity contribution in [3.8, 4) is 0 Å². The molecule has 0 unspecified atom stereocenters. The maximum atomic E-state index is 12.1. The van der Waals surface area contributed by atoms with Gasteiger partial charge in [0.1, 0.15) is 5.69 Å². The number of nitrogens with one attached hydrogen (secondary N) is 2. The Morgan fingerprint density at radius 2 is 1.85 bits per heavy atom. The van der Waals surface area contributed by atoms with Gasteiger partial charge in [-0.25, -0.2) is 0 Å². The first kappa shape index (κ1) is 19.1. The zero-order valence-corrected chi connectivity index (χ0v) is 15.9. The lowest BCUT2D eigenvalue weighted by Gasteiger charge is -2.34. The molecule has 1 amide bonds. The van der Waals surface area contributed by atoms with Gasteiger partial charge in [0.15, 0.2) is 0 Å². The number of anilines is 3. The Kier molecular flexibility index (Phi) is 6.62. The highest BCUT2D eigenvalue weighted by Gasteiger charge is 2.14. The van der Waals surface area contributed by atoms with Crippen molar-refractivity contribution in [3.63, 3.8) is 0 Å². The van der Waals surface area contributed by atoms with Gasteiger partial charge in [0.2, 0.25) is 0 Å². The molecule has 2 heterocycles. The molecular weight excluding hydrogens is 342 g/mol. The van der Waals surface area contributed by atoms with Gasteiger partial charge < -0.3 is 25.2 Å². The standard InChI is InChI=1S/C20H27N5O2/c1-24-10-12-25(13-11-24)18-5-3-16(4-6-18)23-17-7-8-21-19(15-17)20(26)22-9-14-27-2/h3-8,15H,9-14H2,1-2H3,(H,21,23)(H,22,26). The van der Waals surface area contributed by atoms with E-state index in [0.717, 1.165) is 37.6 Å². The van der Waals surface area contributed by atoms with Gasteiger partial charge in [-0.15, -0.1) is 0 Å². The molecule has 1 aliphatic rings. The molecule has 1 aliphatic heterocycles. The average Bonchev–Trinajstić information content (AvgIpc) is 2.70. The summed E-state index contributed by atoms with van der Waals surface area (Å²) < 4.78 is 4.94. The summed E-state index contributed by atoms with van der Waals surface area (Å²) in [6.45, 7) is 5.22. The molecule has 144 valence electrons. The lowest BCUT2D eigenvalue weighted by molar-refractivity contribution is 0.0932. The van der Waals surface area contributed by atoms with Gasteiger partial charge in [-0.1, -0.05) is 0 Å². The number of carbonyl (C=O) groups excluding carboxylic acids is 1. The lowest BCUT2D eigenvalue weighted by Crippen LogP contribution is -2.44. The summed E-state index contributed by atoms with van der Waals surface area (Å²) in [6, 6.07) is 12.0. The molecule has 1 saturated heterocycles. The van der Waals surface area contributed by atoms with Crippen LogP contribution in [0.3, 0.4) is 0 Å². The number of hydrogen-bond acceptors (Lipinski definition) is 6. The third-order valence-electron chi connectivity index (χ3n) is 4.61. The van der Waals surface area contributed by atoms with Crippen molar-refractivity contribution in [2.24, 2.45) is 0 Å². The maximum Gasteiger partial charge on any atom is 0.270 e. The minimum atomic E-state index is -0.207. The summed E-state index contributed by atoms with van der Waals surface area (Å²) in [5.74, 6) is -0.207. The molecule has 7 nitrogen and oxygen atoms in total. The van der Waals surface area contributed by atoms with Crippen LogP contribution in [0.2, 0.25) is 0 Å². The molecule has 1 fully saturated rings. The number of carbonyl (C=O) groups is 1. The van der Waals surface area contributed by atoms with Gasteiger partial charge in [0.25, 0.3) is 5.91 Å². The molecule has 0 saturated carbocycles. The number of methoxy groups -OCH3 is 1. The monoisotopic (exact) mass is 369 g/mol. The van der Waals surface area contributed by atoms with Gasteiger partial charge in [0.05, 0.1) is 6.61 Å². The Labute approximate surface area is 160 Å². The van der Waals surface area contributed by atoms with Crippen LogP contribution >= 0.6 is 0 Å². The van der Waals surface area contributed by atoms with E-state index in [-0.39, 0.29) is 5.91 Å². The zero-order valence-electron chi connectivity index (χ0n) is 15.9. The number of piperazine rings is 1. The van der Waals surface area contributed by atoms with Crippen molar-refractivity contribution in [2.45, 2.75) is 0 Å². The van der Waals surface area contributed by atoms with Crippen molar-refractivity contribution in [2.75, 3.05) is 63.7 Å². The highest BCUT2D eigenvalue weighted by atomic mass is 16.5. The van der Waals surface area contributed by atoms with E-state index in [0.29, 0.717) is 18.8 Å². The highest BCUT2D eigenvalue weighted by molar-refractivity contribution is 5.93. The predicted molar refractivity (Wildman–Crippen MR) is 108 cm³/mol. The van der Waals surface area contributed by atoms with Crippen LogP contribution in [0.15, 0.2) is 42.6 Å². The molecule has 0 aliphatic carbocycles. The second-order valence-corrected chi connectivity index (χ2v) is 6.64. The van der Waals surface area contributed by atoms with Crippen molar-refractivity contribution >= 4 is 23.0 Å². The number of nitrogens with zero attached hydrogens (tertiary/aromatic N) is 3. The summed E-state index contributed by atoms with van der Waals surface area (Å²) >= 11 is 0. The summed E-state index contributed by atoms with van der Waals surface area (Å²) in [7, 11) is 3.76. The summed E-state index contributed by atoms with van der Waals surface area (Å²) in [4.78, 5) is 21.0. The van der Waals surface area contributed by atoms with E-state index in [9.17, 15) is 4.79 Å². The Morgan fingerprint density at radius 3 is 2.56 bits per heavy atom. The molecule has 1 aromatic carbocycles. The smallest absolute Gasteiger partial charge is 0.270 e. The van der Waals surface area contributed by atoms with Crippen molar-refractivity contribution in [1.29, 1.82) is 0 Å². The van der Waals surface area contributed by atoms with Gasteiger partial charge in [-0.05, 0) is 43.4 Å². The van der Waals surface area contributed by atoms with Crippen LogP contribution in [0.1, 0.15) is 10.5 Å². The van der Waals surface area contributed by atoms with Crippen LogP contribution in [0.4, 0.5) is 17.1 Å². The van der Waals surface area contributed by atoms with E-state index in [4.69, 9.17) is 4.74 Å². The SMILES string of the molecule is COCCNC(=O)c1cc(Nc2ccc(N3CCN(C)CC3)cc2)ccn1. The Hall–Kier alpha value is -2.64. The first-order chi connectivity index (χ1) is 13.2.